The van der Waals surface area contributed by atoms with E-state index in [9.17, 15) is 24.0 Å². The molecule has 47 heavy (non-hydrogen) atoms. The fourth-order valence-corrected chi connectivity index (χ4v) is 5.35. The van der Waals surface area contributed by atoms with E-state index in [4.69, 9.17) is 16.0 Å². The van der Waals surface area contributed by atoms with E-state index < -0.39 is 35.2 Å². The van der Waals surface area contributed by atoms with Crippen molar-refractivity contribution in [2.75, 3.05) is 13.1 Å². The Bertz CT molecular complexity index is 1420. The summed E-state index contributed by atoms with van der Waals surface area (Å²) in [5.74, 6) is -2.18. The molecule has 3 heterocycles. The van der Waals surface area contributed by atoms with Crippen molar-refractivity contribution in [3.8, 4) is 0 Å². The average Bonchev–Trinajstić information content (AvgIpc) is 3.70. The van der Waals surface area contributed by atoms with E-state index in [1.54, 1.807) is 19.9 Å². The molecule has 1 aliphatic rings. The molecule has 3 N–H and O–H groups in total. The van der Waals surface area contributed by atoms with Crippen molar-refractivity contribution in [3.63, 3.8) is 0 Å². The van der Waals surface area contributed by atoms with E-state index in [0.29, 0.717) is 56.1 Å². The highest BCUT2D eigenvalue weighted by Crippen LogP contribution is 2.23. The van der Waals surface area contributed by atoms with E-state index in [-0.39, 0.29) is 47.6 Å². The molecule has 0 bridgehead atoms. The molecule has 2 aromatic rings. The minimum absolute atomic E-state index is 0.171. The van der Waals surface area contributed by atoms with Crippen molar-refractivity contribution in [2.45, 2.75) is 111 Å². The van der Waals surface area contributed by atoms with Gasteiger partial charge in [-0.1, -0.05) is 66.5 Å². The molecule has 0 saturated carbocycles. The topological polar surface area (TPSA) is 176 Å². The van der Waals surface area contributed by atoms with Gasteiger partial charge in [-0.25, -0.2) is 0 Å². The maximum atomic E-state index is 13.7. The SMILES string of the molecule is CC(C)[C@H](NC(=O)[C@@H]1CCCN1C(=O)[C@@H](NC(=O)CCCCCNC(=O)c1cc(Cl)ccn1)C(C)C)C(=O)c1nnc(C(C)(C)C)o1. The number of carbonyl (C=O) groups excluding carboxylic acids is 5. The van der Waals surface area contributed by atoms with Crippen LogP contribution in [-0.4, -0.2) is 80.7 Å². The normalized spacial score (nSPS) is 16.2. The van der Waals surface area contributed by atoms with Gasteiger partial charge in [-0.3, -0.25) is 29.0 Å². The molecule has 14 heteroatoms. The van der Waals surface area contributed by atoms with Crippen molar-refractivity contribution in [1.29, 1.82) is 0 Å². The van der Waals surface area contributed by atoms with Crippen molar-refractivity contribution in [2.24, 2.45) is 11.8 Å². The molecular weight excluding hydrogens is 626 g/mol. The molecular formula is C33H48ClN7O6. The fraction of sp³-hybridized carbons (Fsp3) is 0.636. The van der Waals surface area contributed by atoms with Gasteiger partial charge in [0.2, 0.25) is 29.4 Å². The van der Waals surface area contributed by atoms with Crippen LogP contribution >= 0.6 is 11.6 Å². The molecule has 2 aromatic heterocycles. The number of carbonyl (C=O) groups is 5. The molecule has 4 amide bonds. The molecule has 3 rings (SSSR count). The van der Waals surface area contributed by atoms with E-state index >= 15 is 0 Å². The van der Waals surface area contributed by atoms with E-state index in [2.05, 4.69) is 31.1 Å². The zero-order chi connectivity index (χ0) is 34.9. The van der Waals surface area contributed by atoms with Crippen LogP contribution in [0.25, 0.3) is 0 Å². The summed E-state index contributed by atoms with van der Waals surface area (Å²) in [7, 11) is 0. The summed E-state index contributed by atoms with van der Waals surface area (Å²) in [6.07, 6.45) is 4.68. The van der Waals surface area contributed by atoms with Gasteiger partial charge in [0, 0.05) is 36.1 Å². The first-order valence-corrected chi connectivity index (χ1v) is 16.7. The number of rotatable bonds is 15. The van der Waals surface area contributed by atoms with E-state index in [0.717, 1.165) is 0 Å². The Kier molecular flexibility index (Phi) is 13.4. The second-order valence-electron chi connectivity index (χ2n) is 13.7. The number of likely N-dealkylation sites (tertiary alicyclic amines) is 1. The third-order valence-corrected chi connectivity index (χ3v) is 8.17. The number of hydrogen-bond donors (Lipinski definition) is 3. The highest BCUT2D eigenvalue weighted by molar-refractivity contribution is 6.30. The monoisotopic (exact) mass is 673 g/mol. The van der Waals surface area contributed by atoms with Crippen LogP contribution in [0.2, 0.25) is 5.02 Å². The first kappa shape index (κ1) is 37.6. The largest absolute Gasteiger partial charge is 0.418 e. The molecule has 1 fully saturated rings. The summed E-state index contributed by atoms with van der Waals surface area (Å²) in [5.41, 5.74) is -0.198. The number of halogens is 1. The number of pyridine rings is 1. The minimum atomic E-state index is -0.921. The molecule has 0 unspecified atom stereocenters. The van der Waals surface area contributed by atoms with Crippen LogP contribution in [0.4, 0.5) is 0 Å². The molecule has 0 radical (unpaired) electrons. The smallest absolute Gasteiger partial charge is 0.286 e. The number of hydrogen-bond acceptors (Lipinski definition) is 9. The zero-order valence-electron chi connectivity index (χ0n) is 28.4. The van der Waals surface area contributed by atoms with Crippen LogP contribution < -0.4 is 16.0 Å². The van der Waals surface area contributed by atoms with E-state index in [1.807, 2.05) is 34.6 Å². The van der Waals surface area contributed by atoms with Gasteiger partial charge in [0.1, 0.15) is 17.8 Å². The van der Waals surface area contributed by atoms with Crippen LogP contribution in [0.3, 0.4) is 0 Å². The van der Waals surface area contributed by atoms with Gasteiger partial charge in [-0.15, -0.1) is 10.2 Å². The number of nitrogens with one attached hydrogen (secondary N) is 3. The molecule has 0 aromatic carbocycles. The summed E-state index contributed by atoms with van der Waals surface area (Å²) in [6, 6.07) is 0.580. The lowest BCUT2D eigenvalue weighted by molar-refractivity contribution is -0.142. The summed E-state index contributed by atoms with van der Waals surface area (Å²) < 4.78 is 5.63. The Balaban J connectivity index is 1.52. The third kappa shape index (κ3) is 10.6. The van der Waals surface area contributed by atoms with Crippen molar-refractivity contribution < 1.29 is 28.4 Å². The van der Waals surface area contributed by atoms with Gasteiger partial charge in [-0.05, 0) is 49.7 Å². The van der Waals surface area contributed by atoms with Crippen LogP contribution in [0.15, 0.2) is 22.7 Å². The Hall–Kier alpha value is -3.87. The maximum Gasteiger partial charge on any atom is 0.286 e. The number of nitrogens with zero attached hydrogens (tertiary/aromatic N) is 4. The van der Waals surface area contributed by atoms with Gasteiger partial charge in [0.05, 0.1) is 6.04 Å². The van der Waals surface area contributed by atoms with Crippen LogP contribution in [0.1, 0.15) is 114 Å². The quantitative estimate of drug-likeness (QED) is 0.187. The van der Waals surface area contributed by atoms with E-state index in [1.165, 1.54) is 17.2 Å². The molecule has 0 aliphatic carbocycles. The predicted octanol–water partition coefficient (Wildman–Crippen LogP) is 3.86. The van der Waals surface area contributed by atoms with Gasteiger partial charge in [0.25, 0.3) is 11.8 Å². The standard InChI is InChI=1S/C33H48ClN7O6/c1-19(2)25(27(43)30-39-40-32(47-30)33(5,6)7)38-29(45)23-12-11-17-41(23)31(46)26(20(3)4)37-24(42)13-9-8-10-15-36-28(44)22-18-21(34)14-16-35-22/h14,16,18-20,23,25-26H,8-13,15,17H2,1-7H3,(H,36,44)(H,37,42)(H,38,45)/t23-,25-,26-/m0/s1. The van der Waals surface area contributed by atoms with Gasteiger partial charge in [0.15, 0.2) is 0 Å². The second kappa shape index (κ2) is 16.8. The molecule has 1 aliphatic heterocycles. The summed E-state index contributed by atoms with van der Waals surface area (Å²) >= 11 is 5.91. The number of ketones is 1. The minimum Gasteiger partial charge on any atom is -0.418 e. The Morgan fingerprint density at radius 2 is 1.70 bits per heavy atom. The van der Waals surface area contributed by atoms with Gasteiger partial charge in [-0.2, -0.15) is 0 Å². The van der Waals surface area contributed by atoms with Crippen LogP contribution in [0.5, 0.6) is 0 Å². The van der Waals surface area contributed by atoms with Crippen molar-refractivity contribution >= 4 is 41.0 Å². The first-order valence-electron chi connectivity index (χ1n) is 16.3. The van der Waals surface area contributed by atoms with Crippen LogP contribution in [0, 0.1) is 11.8 Å². The lowest BCUT2D eigenvalue weighted by atomic mass is 9.97. The first-order chi connectivity index (χ1) is 22.1. The molecule has 13 nitrogen and oxygen atoms in total. The Labute approximate surface area is 281 Å². The number of aromatic nitrogens is 3. The summed E-state index contributed by atoms with van der Waals surface area (Å²) in [6.45, 7) is 13.8. The van der Waals surface area contributed by atoms with Crippen molar-refractivity contribution in [3.05, 3.63) is 40.8 Å². The maximum absolute atomic E-state index is 13.7. The number of unbranched alkanes of at least 4 members (excludes halogenated alkanes) is 2. The third-order valence-electron chi connectivity index (χ3n) is 7.93. The highest BCUT2D eigenvalue weighted by Gasteiger charge is 2.40. The number of amides is 4. The number of Topliss-reactive ketones (excluding diaryl/α,β-unsaturated/α-hetero) is 1. The highest BCUT2D eigenvalue weighted by atomic mass is 35.5. The average molecular weight is 674 g/mol. The molecule has 0 spiro atoms. The molecule has 258 valence electrons. The van der Waals surface area contributed by atoms with Gasteiger partial charge < -0.3 is 25.3 Å². The summed E-state index contributed by atoms with van der Waals surface area (Å²) in [4.78, 5) is 71.0. The van der Waals surface area contributed by atoms with Crippen LogP contribution in [-0.2, 0) is 19.8 Å². The molecule has 1 saturated heterocycles. The lowest BCUT2D eigenvalue weighted by Crippen LogP contribution is -2.57. The predicted molar refractivity (Wildman–Crippen MR) is 176 cm³/mol. The summed E-state index contributed by atoms with van der Waals surface area (Å²) in [5, 5.41) is 16.8. The second-order valence-corrected chi connectivity index (χ2v) is 14.1. The Morgan fingerprint density at radius 1 is 1.00 bits per heavy atom. The Morgan fingerprint density at radius 3 is 2.32 bits per heavy atom. The van der Waals surface area contributed by atoms with Gasteiger partial charge >= 0.3 is 0 Å². The zero-order valence-corrected chi connectivity index (χ0v) is 29.1. The van der Waals surface area contributed by atoms with Crippen molar-refractivity contribution in [1.82, 2.24) is 36.0 Å². The fourth-order valence-electron chi connectivity index (χ4n) is 5.19. The molecule has 3 atom stereocenters. The lowest BCUT2D eigenvalue weighted by Gasteiger charge is -2.31.